The number of rotatable bonds is 3. The predicted octanol–water partition coefficient (Wildman–Crippen LogP) is 0.674. The molecule has 3 heterocycles. The fraction of sp³-hybridized carbons (Fsp3) is 0.895. The summed E-state index contributed by atoms with van der Waals surface area (Å²) in [5.41, 5.74) is 0. The van der Waals surface area contributed by atoms with E-state index in [9.17, 15) is 9.59 Å². The summed E-state index contributed by atoms with van der Waals surface area (Å²) in [7, 11) is 0. The van der Waals surface area contributed by atoms with Crippen molar-refractivity contribution in [2.75, 3.05) is 45.8 Å². The molecule has 0 spiro atoms. The molecule has 3 unspecified atom stereocenters. The second-order valence-corrected chi connectivity index (χ2v) is 8.30. The number of carbonyl (C=O) groups excluding carboxylic acids is 2. The standard InChI is InChI=1S/C19H32N4O2/c24-18(22-7-3-4-8-22)14-21-9-11-23(12-10-21)19(25)17-13-15-5-1-2-6-16(15)20-17/h15-17,20H,1-14H2. The van der Waals surface area contributed by atoms with Crippen LogP contribution in [0.2, 0.25) is 0 Å². The molecule has 3 aliphatic heterocycles. The highest BCUT2D eigenvalue weighted by molar-refractivity contribution is 5.82. The van der Waals surface area contributed by atoms with E-state index in [1.165, 1.54) is 25.7 Å². The van der Waals surface area contributed by atoms with E-state index in [0.29, 0.717) is 24.4 Å². The van der Waals surface area contributed by atoms with Gasteiger partial charge in [0.25, 0.3) is 0 Å². The Labute approximate surface area is 150 Å². The lowest BCUT2D eigenvalue weighted by Crippen LogP contribution is -2.54. The van der Waals surface area contributed by atoms with E-state index in [1.807, 2.05) is 9.80 Å². The normalized spacial score (nSPS) is 33.5. The first-order valence-electron chi connectivity index (χ1n) is 10.3. The molecule has 1 aliphatic carbocycles. The zero-order valence-electron chi connectivity index (χ0n) is 15.3. The lowest BCUT2D eigenvalue weighted by molar-refractivity contribution is -0.136. The van der Waals surface area contributed by atoms with Gasteiger partial charge in [0.15, 0.2) is 0 Å². The van der Waals surface area contributed by atoms with Crippen LogP contribution in [0.1, 0.15) is 44.9 Å². The average Bonchev–Trinajstić information content (AvgIpc) is 3.31. The minimum absolute atomic E-state index is 0.0332. The minimum atomic E-state index is 0.0332. The maximum absolute atomic E-state index is 12.9. The molecule has 2 amide bonds. The van der Waals surface area contributed by atoms with Gasteiger partial charge in [-0.05, 0) is 38.0 Å². The third-order valence-electron chi connectivity index (χ3n) is 6.66. The Morgan fingerprint density at radius 3 is 2.28 bits per heavy atom. The maximum atomic E-state index is 12.9. The van der Waals surface area contributed by atoms with Gasteiger partial charge in [-0.3, -0.25) is 14.5 Å². The van der Waals surface area contributed by atoms with Gasteiger partial charge in [0, 0.05) is 45.3 Å². The number of hydrogen-bond donors (Lipinski definition) is 1. The van der Waals surface area contributed by atoms with Crippen molar-refractivity contribution in [2.45, 2.75) is 57.0 Å². The van der Waals surface area contributed by atoms with Crippen LogP contribution in [0.25, 0.3) is 0 Å². The van der Waals surface area contributed by atoms with Crippen LogP contribution < -0.4 is 5.32 Å². The second kappa shape index (κ2) is 7.62. The molecule has 0 radical (unpaired) electrons. The third-order valence-corrected chi connectivity index (χ3v) is 6.66. The molecule has 0 bridgehead atoms. The fourth-order valence-electron chi connectivity index (χ4n) is 5.12. The molecule has 1 saturated carbocycles. The minimum Gasteiger partial charge on any atom is -0.342 e. The number of hydrogen-bond acceptors (Lipinski definition) is 4. The lowest BCUT2D eigenvalue weighted by Gasteiger charge is -2.36. The lowest BCUT2D eigenvalue weighted by atomic mass is 9.85. The van der Waals surface area contributed by atoms with Crippen molar-refractivity contribution >= 4 is 11.8 Å². The largest absolute Gasteiger partial charge is 0.342 e. The zero-order chi connectivity index (χ0) is 17.2. The molecule has 0 aromatic rings. The summed E-state index contributed by atoms with van der Waals surface area (Å²) < 4.78 is 0. The molecule has 0 aromatic carbocycles. The Bertz CT molecular complexity index is 484. The van der Waals surface area contributed by atoms with Crippen LogP contribution in [-0.4, -0.2) is 84.4 Å². The number of piperazine rings is 1. The summed E-state index contributed by atoms with van der Waals surface area (Å²) in [4.78, 5) is 31.3. The highest BCUT2D eigenvalue weighted by Crippen LogP contribution is 2.33. The number of fused-ring (bicyclic) bond motifs is 1. The summed E-state index contributed by atoms with van der Waals surface area (Å²) in [5.74, 6) is 1.26. The molecule has 4 rings (SSSR count). The van der Waals surface area contributed by atoms with Crippen LogP contribution in [0.15, 0.2) is 0 Å². The van der Waals surface area contributed by atoms with E-state index in [4.69, 9.17) is 0 Å². The zero-order valence-corrected chi connectivity index (χ0v) is 15.3. The van der Waals surface area contributed by atoms with Gasteiger partial charge in [-0.1, -0.05) is 12.8 Å². The van der Waals surface area contributed by atoms with Crippen LogP contribution in [0.5, 0.6) is 0 Å². The molecule has 25 heavy (non-hydrogen) atoms. The SMILES string of the molecule is O=C(CN1CCN(C(=O)C2CC3CCCCC3N2)CC1)N1CCCC1. The molecule has 4 aliphatic rings. The van der Waals surface area contributed by atoms with Gasteiger partial charge >= 0.3 is 0 Å². The van der Waals surface area contributed by atoms with Crippen molar-refractivity contribution < 1.29 is 9.59 Å². The molecule has 1 N–H and O–H groups in total. The molecule has 0 aromatic heterocycles. The van der Waals surface area contributed by atoms with Gasteiger partial charge in [0.2, 0.25) is 11.8 Å². The molecule has 140 valence electrons. The van der Waals surface area contributed by atoms with Crippen LogP contribution in [0.4, 0.5) is 0 Å². The van der Waals surface area contributed by atoms with Gasteiger partial charge < -0.3 is 15.1 Å². The monoisotopic (exact) mass is 348 g/mol. The highest BCUT2D eigenvalue weighted by atomic mass is 16.2. The van der Waals surface area contributed by atoms with Crippen LogP contribution in [0.3, 0.4) is 0 Å². The molecule has 3 saturated heterocycles. The number of amides is 2. The van der Waals surface area contributed by atoms with Gasteiger partial charge in [0.05, 0.1) is 12.6 Å². The Morgan fingerprint density at radius 2 is 1.56 bits per heavy atom. The first-order chi connectivity index (χ1) is 12.2. The van der Waals surface area contributed by atoms with Gasteiger partial charge in [-0.2, -0.15) is 0 Å². The Morgan fingerprint density at radius 1 is 0.840 bits per heavy atom. The molecular formula is C19H32N4O2. The highest BCUT2D eigenvalue weighted by Gasteiger charge is 2.40. The van der Waals surface area contributed by atoms with E-state index in [0.717, 1.165) is 58.5 Å². The van der Waals surface area contributed by atoms with E-state index in [-0.39, 0.29) is 11.9 Å². The quantitative estimate of drug-likeness (QED) is 0.815. The maximum Gasteiger partial charge on any atom is 0.239 e. The Kier molecular flexibility index (Phi) is 5.27. The van der Waals surface area contributed by atoms with Crippen molar-refractivity contribution in [1.29, 1.82) is 0 Å². The summed E-state index contributed by atoms with van der Waals surface area (Å²) in [6, 6.07) is 0.605. The molecule has 6 heteroatoms. The average molecular weight is 348 g/mol. The molecule has 3 atom stereocenters. The van der Waals surface area contributed by atoms with Crippen molar-refractivity contribution in [1.82, 2.24) is 20.0 Å². The molecule has 4 fully saturated rings. The van der Waals surface area contributed by atoms with Crippen LogP contribution in [0, 0.1) is 5.92 Å². The van der Waals surface area contributed by atoms with E-state index < -0.39 is 0 Å². The van der Waals surface area contributed by atoms with Crippen molar-refractivity contribution in [3.63, 3.8) is 0 Å². The van der Waals surface area contributed by atoms with E-state index >= 15 is 0 Å². The first-order valence-corrected chi connectivity index (χ1v) is 10.3. The number of likely N-dealkylation sites (tertiary alicyclic amines) is 1. The molecule has 6 nitrogen and oxygen atoms in total. The Balaban J connectivity index is 1.23. The van der Waals surface area contributed by atoms with Crippen molar-refractivity contribution in [3.05, 3.63) is 0 Å². The van der Waals surface area contributed by atoms with Crippen LogP contribution >= 0.6 is 0 Å². The fourth-order valence-corrected chi connectivity index (χ4v) is 5.12. The summed E-state index contributed by atoms with van der Waals surface area (Å²) >= 11 is 0. The Hall–Kier alpha value is -1.14. The van der Waals surface area contributed by atoms with Gasteiger partial charge in [-0.15, -0.1) is 0 Å². The number of carbonyl (C=O) groups is 2. The second-order valence-electron chi connectivity index (χ2n) is 8.30. The van der Waals surface area contributed by atoms with E-state index in [1.54, 1.807) is 0 Å². The topological polar surface area (TPSA) is 55.9 Å². The molecular weight excluding hydrogens is 316 g/mol. The van der Waals surface area contributed by atoms with E-state index in [2.05, 4.69) is 10.2 Å². The number of nitrogens with zero attached hydrogens (tertiary/aromatic N) is 3. The number of nitrogens with one attached hydrogen (secondary N) is 1. The van der Waals surface area contributed by atoms with Crippen LogP contribution in [-0.2, 0) is 9.59 Å². The summed E-state index contributed by atoms with van der Waals surface area (Å²) in [5, 5.41) is 3.60. The smallest absolute Gasteiger partial charge is 0.239 e. The summed E-state index contributed by atoms with van der Waals surface area (Å²) in [6.07, 6.45) is 8.47. The van der Waals surface area contributed by atoms with Crippen molar-refractivity contribution in [2.24, 2.45) is 5.92 Å². The van der Waals surface area contributed by atoms with Gasteiger partial charge in [0.1, 0.15) is 0 Å². The summed E-state index contributed by atoms with van der Waals surface area (Å²) in [6.45, 7) is 5.54. The predicted molar refractivity (Wildman–Crippen MR) is 96.1 cm³/mol. The van der Waals surface area contributed by atoms with Gasteiger partial charge in [-0.25, -0.2) is 0 Å². The third kappa shape index (κ3) is 3.85. The first kappa shape index (κ1) is 17.3. The van der Waals surface area contributed by atoms with Crippen molar-refractivity contribution in [3.8, 4) is 0 Å².